The number of ketones is 1. The second-order valence-electron chi connectivity index (χ2n) is 1.21. The fourth-order valence-electron chi connectivity index (χ4n) is 0.228. The second-order valence-corrected chi connectivity index (χ2v) is 1.77. The Bertz CT molecular complexity index is 64.7. The van der Waals surface area contributed by atoms with Crippen LogP contribution in [0.4, 0.5) is 0 Å². The summed E-state index contributed by atoms with van der Waals surface area (Å²) in [7, 11) is 5.06. The normalized spacial score (nSPS) is 8.71. The number of rotatable bonds is 3. The maximum Gasteiger partial charge on any atom is 0.142 e. The lowest BCUT2D eigenvalue weighted by molar-refractivity contribution is -0.116. The van der Waals surface area contributed by atoms with Crippen LogP contribution < -0.4 is 0 Å². The van der Waals surface area contributed by atoms with E-state index in [1.54, 1.807) is 0 Å². The predicted molar refractivity (Wildman–Crippen MR) is 34.0 cm³/mol. The molecule has 3 heteroatoms. The molecule has 0 rings (SSSR count). The van der Waals surface area contributed by atoms with Gasteiger partial charge in [0.2, 0.25) is 0 Å². The van der Waals surface area contributed by atoms with Crippen LogP contribution in [0.2, 0.25) is 6.32 Å². The number of hydrogen-bond donors (Lipinski definition) is 0. The van der Waals surface area contributed by atoms with E-state index < -0.39 is 0 Å². The van der Waals surface area contributed by atoms with E-state index in [0.717, 1.165) is 0 Å². The average Bonchev–Trinajstić information content (AvgIpc) is 1.68. The molecule has 0 aromatic carbocycles. The van der Waals surface area contributed by atoms with Crippen LogP contribution in [0.15, 0.2) is 0 Å². The van der Waals surface area contributed by atoms with Crippen molar-refractivity contribution in [2.24, 2.45) is 0 Å². The SMILES string of the molecule is [B]CCC(=O)CBr. The number of carbonyl (C=O) groups excluding carboxylic acids is 1. The van der Waals surface area contributed by atoms with Crippen molar-refractivity contribution in [1.82, 2.24) is 0 Å². The van der Waals surface area contributed by atoms with E-state index in [2.05, 4.69) is 15.9 Å². The largest absolute Gasteiger partial charge is 0.299 e. The van der Waals surface area contributed by atoms with Crippen molar-refractivity contribution < 1.29 is 4.79 Å². The molecule has 0 unspecified atom stereocenters. The molecular formula is C4H6BBrO. The first-order valence-electron chi connectivity index (χ1n) is 2.09. The molecule has 0 saturated heterocycles. The first-order chi connectivity index (χ1) is 3.31. The first kappa shape index (κ1) is 7.21. The number of carbonyl (C=O) groups is 1. The van der Waals surface area contributed by atoms with Gasteiger partial charge in [-0.2, -0.15) is 0 Å². The van der Waals surface area contributed by atoms with Gasteiger partial charge in [-0.15, -0.1) is 0 Å². The van der Waals surface area contributed by atoms with E-state index >= 15 is 0 Å². The summed E-state index contributed by atoms with van der Waals surface area (Å²) in [5.74, 6) is 0.169. The highest BCUT2D eigenvalue weighted by molar-refractivity contribution is 9.09. The smallest absolute Gasteiger partial charge is 0.142 e. The Hall–Kier alpha value is 0.215. The minimum atomic E-state index is 0.169. The van der Waals surface area contributed by atoms with Gasteiger partial charge in [-0.05, 0) is 6.42 Å². The first-order valence-corrected chi connectivity index (χ1v) is 3.21. The summed E-state index contributed by atoms with van der Waals surface area (Å²) >= 11 is 3.01. The molecule has 0 heterocycles. The molecule has 0 aliphatic rings. The van der Waals surface area contributed by atoms with Crippen molar-refractivity contribution in [3.05, 3.63) is 0 Å². The standard InChI is InChI=1S/C4H6BBrO/c5-2-1-4(7)3-6/h1-3H2. The van der Waals surface area contributed by atoms with Gasteiger partial charge in [0.1, 0.15) is 5.78 Å². The molecule has 0 aliphatic heterocycles. The van der Waals surface area contributed by atoms with Gasteiger partial charge in [0, 0.05) is 0 Å². The van der Waals surface area contributed by atoms with Gasteiger partial charge in [0.05, 0.1) is 13.2 Å². The summed E-state index contributed by atoms with van der Waals surface area (Å²) in [6.07, 6.45) is 0.954. The van der Waals surface area contributed by atoms with Gasteiger partial charge in [0.15, 0.2) is 0 Å². The van der Waals surface area contributed by atoms with Crippen LogP contribution in [0.1, 0.15) is 6.42 Å². The maximum absolute atomic E-state index is 10.3. The molecular weight excluding hydrogens is 155 g/mol. The third-order valence-corrected chi connectivity index (χ3v) is 1.20. The quantitative estimate of drug-likeness (QED) is 0.444. The molecule has 0 bridgehead atoms. The van der Waals surface area contributed by atoms with Crippen LogP contribution in [0, 0.1) is 0 Å². The molecule has 0 fully saturated rings. The molecule has 0 N–H and O–H groups in total. The van der Waals surface area contributed by atoms with Crippen molar-refractivity contribution in [2.45, 2.75) is 12.7 Å². The lowest BCUT2D eigenvalue weighted by Gasteiger charge is -1.86. The number of alkyl halides is 1. The van der Waals surface area contributed by atoms with E-state index in [9.17, 15) is 4.79 Å². The summed E-state index contributed by atoms with van der Waals surface area (Å²) < 4.78 is 0. The number of Topliss-reactive ketones (excluding diaryl/α,β-unsaturated/α-hetero) is 1. The van der Waals surface area contributed by atoms with Crippen molar-refractivity contribution in [3.8, 4) is 0 Å². The Morgan fingerprint density at radius 3 is 2.43 bits per heavy atom. The zero-order valence-corrected chi connectivity index (χ0v) is 5.57. The van der Waals surface area contributed by atoms with Gasteiger partial charge in [-0.3, -0.25) is 4.79 Å². The second kappa shape index (κ2) is 4.38. The maximum atomic E-state index is 10.3. The summed E-state index contributed by atoms with van der Waals surface area (Å²) in [6, 6.07) is 0. The highest BCUT2D eigenvalue weighted by Crippen LogP contribution is 1.90. The monoisotopic (exact) mass is 160 g/mol. The molecule has 0 aromatic rings. The number of hydrogen-bond acceptors (Lipinski definition) is 1. The lowest BCUT2D eigenvalue weighted by atomic mass is 10.0. The van der Waals surface area contributed by atoms with Crippen LogP contribution in [-0.4, -0.2) is 19.0 Å². The van der Waals surface area contributed by atoms with Gasteiger partial charge in [-0.1, -0.05) is 22.3 Å². The molecule has 2 radical (unpaired) electrons. The topological polar surface area (TPSA) is 17.1 Å². The Balaban J connectivity index is 3.00. The summed E-state index contributed by atoms with van der Waals surface area (Å²) in [5.41, 5.74) is 0. The molecule has 7 heavy (non-hydrogen) atoms. The van der Waals surface area contributed by atoms with Crippen molar-refractivity contribution in [2.75, 3.05) is 5.33 Å². The molecule has 0 atom stereocenters. The van der Waals surface area contributed by atoms with Crippen molar-refractivity contribution in [1.29, 1.82) is 0 Å². The molecule has 0 aromatic heterocycles. The van der Waals surface area contributed by atoms with Gasteiger partial charge >= 0.3 is 0 Å². The third kappa shape index (κ3) is 4.06. The molecule has 1 nitrogen and oxygen atoms in total. The van der Waals surface area contributed by atoms with Crippen LogP contribution in [-0.2, 0) is 4.79 Å². The van der Waals surface area contributed by atoms with Crippen LogP contribution in [0.5, 0.6) is 0 Å². The minimum absolute atomic E-state index is 0.169. The Kier molecular flexibility index (Phi) is 4.51. The zero-order chi connectivity index (χ0) is 5.70. The molecule has 0 amide bonds. The van der Waals surface area contributed by atoms with Gasteiger partial charge in [-0.25, -0.2) is 0 Å². The summed E-state index contributed by atoms with van der Waals surface area (Å²) in [6.45, 7) is 0. The van der Waals surface area contributed by atoms with Crippen molar-refractivity contribution >= 4 is 29.6 Å². The predicted octanol–water partition coefficient (Wildman–Crippen LogP) is 0.927. The van der Waals surface area contributed by atoms with E-state index in [0.29, 0.717) is 18.1 Å². The van der Waals surface area contributed by atoms with Gasteiger partial charge in [0.25, 0.3) is 0 Å². The molecule has 38 valence electrons. The molecule has 0 spiro atoms. The van der Waals surface area contributed by atoms with Crippen molar-refractivity contribution in [3.63, 3.8) is 0 Å². The van der Waals surface area contributed by atoms with Crippen LogP contribution in [0.25, 0.3) is 0 Å². The Morgan fingerprint density at radius 1 is 1.71 bits per heavy atom. The summed E-state index contributed by atoms with van der Waals surface area (Å²) in [4.78, 5) is 10.3. The number of halogens is 1. The molecule has 0 aliphatic carbocycles. The highest BCUT2D eigenvalue weighted by atomic mass is 79.9. The molecule has 0 saturated carbocycles. The van der Waals surface area contributed by atoms with E-state index in [1.165, 1.54) is 0 Å². The Morgan fingerprint density at radius 2 is 2.29 bits per heavy atom. The Labute approximate surface area is 53.0 Å². The van der Waals surface area contributed by atoms with E-state index in [-0.39, 0.29) is 5.78 Å². The van der Waals surface area contributed by atoms with E-state index in [4.69, 9.17) is 7.85 Å². The fourth-order valence-corrected chi connectivity index (χ4v) is 0.508. The highest BCUT2D eigenvalue weighted by Gasteiger charge is 1.92. The van der Waals surface area contributed by atoms with Crippen LogP contribution in [0.3, 0.4) is 0 Å². The zero-order valence-electron chi connectivity index (χ0n) is 3.98. The lowest BCUT2D eigenvalue weighted by Crippen LogP contribution is -1.96. The van der Waals surface area contributed by atoms with Gasteiger partial charge < -0.3 is 0 Å². The van der Waals surface area contributed by atoms with E-state index in [1.807, 2.05) is 0 Å². The fraction of sp³-hybridized carbons (Fsp3) is 0.750. The summed E-state index contributed by atoms with van der Waals surface area (Å²) in [5, 5.41) is 0.435. The van der Waals surface area contributed by atoms with Crippen LogP contribution >= 0.6 is 15.9 Å². The minimum Gasteiger partial charge on any atom is -0.299 e. The average molecular weight is 161 g/mol. The third-order valence-electron chi connectivity index (χ3n) is 0.572.